The summed E-state index contributed by atoms with van der Waals surface area (Å²) in [5, 5.41) is 13.0. The summed E-state index contributed by atoms with van der Waals surface area (Å²) in [4.78, 5) is 33.6. The van der Waals surface area contributed by atoms with Gasteiger partial charge in [0.05, 0.1) is 4.92 Å². The number of amides is 1. The van der Waals surface area contributed by atoms with Crippen molar-refractivity contribution >= 4 is 17.6 Å². The number of nitrogens with one attached hydrogen (secondary N) is 1. The maximum atomic E-state index is 11.9. The number of nitrogens with zero attached hydrogens (tertiary/aromatic N) is 1. The van der Waals surface area contributed by atoms with Gasteiger partial charge in [0.15, 0.2) is 0 Å². The zero-order valence-electron chi connectivity index (χ0n) is 13.0. The summed E-state index contributed by atoms with van der Waals surface area (Å²) >= 11 is 0. The lowest BCUT2D eigenvalue weighted by Gasteiger charge is -2.07. The van der Waals surface area contributed by atoms with Crippen molar-refractivity contribution < 1.29 is 19.2 Å². The largest absolute Gasteiger partial charge is 0.460 e. The van der Waals surface area contributed by atoms with E-state index < -0.39 is 10.9 Å². The Kier molecular flexibility index (Phi) is 5.62. The number of nitro benzene ring substituents is 1. The van der Waals surface area contributed by atoms with E-state index in [1.807, 2.05) is 13.0 Å². The van der Waals surface area contributed by atoms with Crippen LogP contribution in [0.4, 0.5) is 5.69 Å². The minimum atomic E-state index is -0.589. The molecule has 124 valence electrons. The van der Waals surface area contributed by atoms with Crippen molar-refractivity contribution in [3.05, 3.63) is 75.3 Å². The average Bonchev–Trinajstić information content (AvgIpc) is 2.58. The number of benzene rings is 2. The summed E-state index contributed by atoms with van der Waals surface area (Å²) in [7, 11) is 0. The van der Waals surface area contributed by atoms with Gasteiger partial charge >= 0.3 is 5.97 Å². The molecule has 0 aromatic heterocycles. The molecule has 24 heavy (non-hydrogen) atoms. The molecule has 0 fully saturated rings. The van der Waals surface area contributed by atoms with Crippen LogP contribution in [0.1, 0.15) is 21.5 Å². The zero-order valence-corrected chi connectivity index (χ0v) is 13.0. The first kappa shape index (κ1) is 17.1. The number of esters is 1. The summed E-state index contributed by atoms with van der Waals surface area (Å²) in [6.45, 7) is 1.60. The Labute approximate surface area is 138 Å². The van der Waals surface area contributed by atoms with Gasteiger partial charge in [0.1, 0.15) is 13.2 Å². The molecule has 0 spiro atoms. The average molecular weight is 328 g/mol. The molecule has 0 unspecified atom stereocenters. The number of aryl methyl sites for hydroxylation is 1. The van der Waals surface area contributed by atoms with Gasteiger partial charge in [-0.1, -0.05) is 17.7 Å². The Hall–Kier alpha value is -3.22. The molecule has 7 nitrogen and oxygen atoms in total. The summed E-state index contributed by atoms with van der Waals surface area (Å²) in [5.41, 5.74) is 2.01. The summed E-state index contributed by atoms with van der Waals surface area (Å²) in [6.07, 6.45) is 0. The SMILES string of the molecule is Cc1cccc(C(=O)NCC(=O)OCc2ccc([N+](=O)[O-])cc2)c1. The van der Waals surface area contributed by atoms with Crippen molar-refractivity contribution in [3.63, 3.8) is 0 Å². The maximum Gasteiger partial charge on any atom is 0.325 e. The fourth-order valence-corrected chi connectivity index (χ4v) is 1.97. The lowest BCUT2D eigenvalue weighted by molar-refractivity contribution is -0.384. The van der Waals surface area contributed by atoms with Crippen LogP contribution in [0.25, 0.3) is 0 Å². The molecular formula is C17H16N2O5. The molecule has 0 saturated heterocycles. The number of hydrogen-bond donors (Lipinski definition) is 1. The van der Waals surface area contributed by atoms with Crippen LogP contribution in [0.15, 0.2) is 48.5 Å². The predicted molar refractivity (Wildman–Crippen MR) is 86.4 cm³/mol. The molecule has 0 aliphatic heterocycles. The molecule has 0 saturated carbocycles. The molecule has 1 amide bonds. The third-order valence-corrected chi connectivity index (χ3v) is 3.22. The standard InChI is InChI=1S/C17H16N2O5/c1-12-3-2-4-14(9-12)17(21)18-10-16(20)24-11-13-5-7-15(8-6-13)19(22)23/h2-9H,10-11H2,1H3,(H,18,21). The zero-order chi connectivity index (χ0) is 17.5. The Bertz CT molecular complexity index is 756. The number of ether oxygens (including phenoxy) is 1. The van der Waals surface area contributed by atoms with E-state index >= 15 is 0 Å². The van der Waals surface area contributed by atoms with E-state index in [0.717, 1.165) is 5.56 Å². The van der Waals surface area contributed by atoms with Gasteiger partial charge < -0.3 is 10.1 Å². The molecule has 0 aliphatic carbocycles. The number of carbonyl (C=O) groups is 2. The van der Waals surface area contributed by atoms with E-state index in [0.29, 0.717) is 11.1 Å². The highest BCUT2D eigenvalue weighted by Gasteiger charge is 2.10. The van der Waals surface area contributed by atoms with Gasteiger partial charge in [-0.05, 0) is 36.8 Å². The number of nitro groups is 1. The molecule has 0 aliphatic rings. The van der Waals surface area contributed by atoms with E-state index in [4.69, 9.17) is 4.74 Å². The number of rotatable bonds is 6. The Morgan fingerprint density at radius 1 is 1.17 bits per heavy atom. The van der Waals surface area contributed by atoms with Crippen molar-refractivity contribution in [3.8, 4) is 0 Å². The summed E-state index contributed by atoms with van der Waals surface area (Å²) in [6, 6.07) is 12.7. The molecule has 7 heteroatoms. The smallest absolute Gasteiger partial charge is 0.325 e. The van der Waals surface area contributed by atoms with Crippen molar-refractivity contribution in [1.29, 1.82) is 0 Å². The second-order valence-corrected chi connectivity index (χ2v) is 5.14. The minimum Gasteiger partial charge on any atom is -0.460 e. The van der Waals surface area contributed by atoms with Crippen molar-refractivity contribution in [2.24, 2.45) is 0 Å². The van der Waals surface area contributed by atoms with Gasteiger partial charge in [-0.25, -0.2) is 0 Å². The highest BCUT2D eigenvalue weighted by molar-refractivity contribution is 5.96. The third kappa shape index (κ3) is 4.91. The molecule has 2 rings (SSSR count). The Morgan fingerprint density at radius 3 is 2.50 bits per heavy atom. The quantitative estimate of drug-likeness (QED) is 0.499. The highest BCUT2D eigenvalue weighted by Crippen LogP contribution is 2.12. The van der Waals surface area contributed by atoms with Crippen LogP contribution in [-0.4, -0.2) is 23.3 Å². The highest BCUT2D eigenvalue weighted by atomic mass is 16.6. The molecule has 2 aromatic carbocycles. The first-order valence-electron chi connectivity index (χ1n) is 7.19. The van der Waals surface area contributed by atoms with Crippen molar-refractivity contribution in [1.82, 2.24) is 5.32 Å². The first-order valence-corrected chi connectivity index (χ1v) is 7.19. The van der Waals surface area contributed by atoms with E-state index in [1.54, 1.807) is 18.2 Å². The van der Waals surface area contributed by atoms with Gasteiger partial charge in [0.2, 0.25) is 0 Å². The van der Waals surface area contributed by atoms with Gasteiger partial charge in [-0.3, -0.25) is 19.7 Å². The molecule has 0 radical (unpaired) electrons. The minimum absolute atomic E-state index is 0.0167. The Morgan fingerprint density at radius 2 is 1.88 bits per heavy atom. The van der Waals surface area contributed by atoms with Crippen LogP contribution >= 0.6 is 0 Å². The van der Waals surface area contributed by atoms with Gasteiger partial charge in [0.25, 0.3) is 11.6 Å². The van der Waals surface area contributed by atoms with Crippen molar-refractivity contribution in [2.75, 3.05) is 6.54 Å². The molecule has 0 bridgehead atoms. The van der Waals surface area contributed by atoms with Crippen LogP contribution < -0.4 is 5.32 Å². The van der Waals surface area contributed by atoms with E-state index in [2.05, 4.69) is 5.32 Å². The summed E-state index contributed by atoms with van der Waals surface area (Å²) in [5.74, 6) is -0.944. The second kappa shape index (κ2) is 7.87. The van der Waals surface area contributed by atoms with Crippen molar-refractivity contribution in [2.45, 2.75) is 13.5 Å². The lowest BCUT2D eigenvalue weighted by Crippen LogP contribution is -2.30. The van der Waals surface area contributed by atoms with E-state index in [1.165, 1.54) is 24.3 Å². The van der Waals surface area contributed by atoms with Gasteiger partial charge in [0, 0.05) is 17.7 Å². The van der Waals surface area contributed by atoms with E-state index in [-0.39, 0.29) is 24.7 Å². The van der Waals surface area contributed by atoms with Crippen LogP contribution in [-0.2, 0) is 16.1 Å². The van der Waals surface area contributed by atoms with Crippen LogP contribution in [0.2, 0.25) is 0 Å². The van der Waals surface area contributed by atoms with Crippen LogP contribution in [0.3, 0.4) is 0 Å². The van der Waals surface area contributed by atoms with Crippen LogP contribution in [0, 0.1) is 17.0 Å². The molecule has 0 atom stereocenters. The molecule has 2 aromatic rings. The van der Waals surface area contributed by atoms with E-state index in [9.17, 15) is 19.7 Å². The normalized spacial score (nSPS) is 10.0. The maximum absolute atomic E-state index is 11.9. The lowest BCUT2D eigenvalue weighted by atomic mass is 10.1. The number of non-ortho nitro benzene ring substituents is 1. The topological polar surface area (TPSA) is 98.5 Å². The second-order valence-electron chi connectivity index (χ2n) is 5.14. The number of carbonyl (C=O) groups excluding carboxylic acids is 2. The molecule has 0 heterocycles. The summed E-state index contributed by atoms with van der Waals surface area (Å²) < 4.78 is 5.01. The molecule has 1 N–H and O–H groups in total. The monoisotopic (exact) mass is 328 g/mol. The third-order valence-electron chi connectivity index (χ3n) is 3.22. The fourth-order valence-electron chi connectivity index (χ4n) is 1.97. The van der Waals surface area contributed by atoms with Gasteiger partial charge in [-0.15, -0.1) is 0 Å². The fraction of sp³-hybridized carbons (Fsp3) is 0.176. The first-order chi connectivity index (χ1) is 11.5. The Balaban J connectivity index is 1.79. The predicted octanol–water partition coefficient (Wildman–Crippen LogP) is 2.38. The van der Waals surface area contributed by atoms with Gasteiger partial charge in [-0.2, -0.15) is 0 Å². The van der Waals surface area contributed by atoms with Crippen LogP contribution in [0.5, 0.6) is 0 Å². The molecular weight excluding hydrogens is 312 g/mol. The number of hydrogen-bond acceptors (Lipinski definition) is 5.